The number of carbonyl (C=O) groups is 1. The molecule has 0 fully saturated rings. The van der Waals surface area contributed by atoms with Crippen LogP contribution in [0.2, 0.25) is 0 Å². The predicted molar refractivity (Wildman–Crippen MR) is 59.9 cm³/mol. The van der Waals surface area contributed by atoms with Crippen molar-refractivity contribution in [3.8, 4) is 0 Å². The molecule has 0 saturated heterocycles. The lowest BCUT2D eigenvalue weighted by molar-refractivity contribution is -0.127. The molecule has 0 bridgehead atoms. The van der Waals surface area contributed by atoms with Crippen molar-refractivity contribution in [1.82, 2.24) is 5.32 Å². The Morgan fingerprint density at radius 3 is 2.21 bits per heavy atom. The van der Waals surface area contributed by atoms with Crippen molar-refractivity contribution in [1.29, 1.82) is 0 Å². The zero-order valence-electron chi connectivity index (χ0n) is 10.1. The normalized spacial score (nSPS) is 14.2. The molecule has 84 valence electrons. The van der Waals surface area contributed by atoms with E-state index in [1.54, 1.807) is 0 Å². The van der Waals surface area contributed by atoms with Crippen LogP contribution >= 0.6 is 0 Å². The Morgan fingerprint density at radius 1 is 1.36 bits per heavy atom. The largest absolute Gasteiger partial charge is 0.351 e. The molecule has 0 radical (unpaired) electrons. The first-order chi connectivity index (χ1) is 6.30. The van der Waals surface area contributed by atoms with E-state index in [0.29, 0.717) is 12.5 Å². The molecule has 0 aliphatic carbocycles. The first-order valence-electron chi connectivity index (χ1n) is 5.32. The number of rotatable bonds is 5. The summed E-state index contributed by atoms with van der Waals surface area (Å²) < 4.78 is 0. The lowest BCUT2D eigenvalue weighted by atomic mass is 9.94. The second kappa shape index (κ2) is 5.35. The summed E-state index contributed by atoms with van der Waals surface area (Å²) in [5.74, 6) is 0.564. The number of nitrogens with one attached hydrogen (secondary N) is 1. The van der Waals surface area contributed by atoms with Crippen LogP contribution in [0, 0.1) is 11.8 Å². The molecule has 0 spiro atoms. The van der Waals surface area contributed by atoms with Gasteiger partial charge in [0.1, 0.15) is 0 Å². The highest BCUT2D eigenvalue weighted by Crippen LogP contribution is 2.13. The van der Waals surface area contributed by atoms with Crippen LogP contribution in [0.4, 0.5) is 0 Å². The summed E-state index contributed by atoms with van der Waals surface area (Å²) >= 11 is 0. The molecule has 3 N–H and O–H groups in total. The van der Waals surface area contributed by atoms with Gasteiger partial charge >= 0.3 is 0 Å². The van der Waals surface area contributed by atoms with E-state index in [2.05, 4.69) is 19.2 Å². The molecular formula is C11H24N2O. The third kappa shape index (κ3) is 4.61. The molecule has 0 aromatic carbocycles. The Labute approximate surface area is 87.4 Å². The predicted octanol–water partition coefficient (Wildman–Crippen LogP) is 1.52. The average molecular weight is 200 g/mol. The van der Waals surface area contributed by atoms with E-state index in [0.717, 1.165) is 6.42 Å². The Balaban J connectivity index is 4.17. The van der Waals surface area contributed by atoms with Gasteiger partial charge in [0.25, 0.3) is 0 Å². The number of nitrogens with two attached hydrogens (primary N) is 1. The zero-order valence-corrected chi connectivity index (χ0v) is 10.1. The minimum Gasteiger partial charge on any atom is -0.351 e. The SMILES string of the molecule is CC(C)C(C)C(=O)NC(C)(C)CCN. The van der Waals surface area contributed by atoms with Gasteiger partial charge < -0.3 is 11.1 Å². The third-order valence-corrected chi connectivity index (χ3v) is 2.64. The lowest BCUT2D eigenvalue weighted by Gasteiger charge is -2.28. The Kier molecular flexibility index (Phi) is 5.13. The summed E-state index contributed by atoms with van der Waals surface area (Å²) in [5.41, 5.74) is 5.29. The van der Waals surface area contributed by atoms with Gasteiger partial charge in [-0.25, -0.2) is 0 Å². The summed E-state index contributed by atoms with van der Waals surface area (Å²) in [7, 11) is 0. The number of amides is 1. The minimum absolute atomic E-state index is 0.0621. The van der Waals surface area contributed by atoms with Crippen molar-refractivity contribution in [3.63, 3.8) is 0 Å². The first kappa shape index (κ1) is 13.4. The second-order valence-electron chi connectivity index (χ2n) is 4.94. The van der Waals surface area contributed by atoms with Gasteiger partial charge in [0, 0.05) is 11.5 Å². The summed E-state index contributed by atoms with van der Waals surface area (Å²) in [6.45, 7) is 10.7. The quantitative estimate of drug-likeness (QED) is 0.707. The molecule has 0 heterocycles. The number of carbonyl (C=O) groups excluding carboxylic acids is 1. The maximum atomic E-state index is 11.7. The van der Waals surface area contributed by atoms with Gasteiger partial charge in [0.2, 0.25) is 5.91 Å². The molecule has 0 aliphatic rings. The maximum absolute atomic E-state index is 11.7. The van der Waals surface area contributed by atoms with Gasteiger partial charge in [-0.15, -0.1) is 0 Å². The molecule has 0 saturated carbocycles. The summed E-state index contributed by atoms with van der Waals surface area (Å²) in [6, 6.07) is 0. The van der Waals surface area contributed by atoms with Gasteiger partial charge in [-0.3, -0.25) is 4.79 Å². The van der Waals surface area contributed by atoms with Gasteiger partial charge in [-0.05, 0) is 32.7 Å². The maximum Gasteiger partial charge on any atom is 0.223 e. The van der Waals surface area contributed by atoms with Gasteiger partial charge in [-0.2, -0.15) is 0 Å². The number of hydrogen-bond donors (Lipinski definition) is 2. The Morgan fingerprint density at radius 2 is 1.86 bits per heavy atom. The third-order valence-electron chi connectivity index (χ3n) is 2.64. The standard InChI is InChI=1S/C11H24N2O/c1-8(2)9(3)10(14)13-11(4,5)6-7-12/h8-9H,6-7,12H2,1-5H3,(H,13,14). The van der Waals surface area contributed by atoms with Crippen LogP contribution in [-0.2, 0) is 4.79 Å². The van der Waals surface area contributed by atoms with Crippen LogP contribution in [0.3, 0.4) is 0 Å². The van der Waals surface area contributed by atoms with Crippen molar-refractivity contribution < 1.29 is 4.79 Å². The van der Waals surface area contributed by atoms with Crippen LogP contribution in [0.25, 0.3) is 0 Å². The molecule has 0 rings (SSSR count). The summed E-state index contributed by atoms with van der Waals surface area (Å²) in [4.78, 5) is 11.7. The molecule has 0 aromatic heterocycles. The van der Waals surface area contributed by atoms with Crippen LogP contribution in [0.5, 0.6) is 0 Å². The van der Waals surface area contributed by atoms with E-state index < -0.39 is 0 Å². The molecule has 1 unspecified atom stereocenters. The average Bonchev–Trinajstić information content (AvgIpc) is 2.01. The fourth-order valence-corrected chi connectivity index (χ4v) is 1.17. The highest BCUT2D eigenvalue weighted by molar-refractivity contribution is 5.79. The first-order valence-corrected chi connectivity index (χ1v) is 5.32. The molecule has 14 heavy (non-hydrogen) atoms. The van der Waals surface area contributed by atoms with Crippen molar-refractivity contribution in [2.75, 3.05) is 6.54 Å². The fraction of sp³-hybridized carbons (Fsp3) is 0.909. The highest BCUT2D eigenvalue weighted by Gasteiger charge is 2.24. The van der Waals surface area contributed by atoms with E-state index in [-0.39, 0.29) is 17.4 Å². The molecule has 0 aliphatic heterocycles. The van der Waals surface area contributed by atoms with Gasteiger partial charge in [0.15, 0.2) is 0 Å². The second-order valence-corrected chi connectivity index (χ2v) is 4.94. The molecule has 1 amide bonds. The highest BCUT2D eigenvalue weighted by atomic mass is 16.2. The smallest absolute Gasteiger partial charge is 0.223 e. The van der Waals surface area contributed by atoms with Crippen molar-refractivity contribution in [2.24, 2.45) is 17.6 Å². The van der Waals surface area contributed by atoms with E-state index >= 15 is 0 Å². The topological polar surface area (TPSA) is 55.1 Å². The van der Waals surface area contributed by atoms with E-state index in [9.17, 15) is 4.79 Å². The van der Waals surface area contributed by atoms with Crippen molar-refractivity contribution in [2.45, 2.75) is 46.6 Å². The monoisotopic (exact) mass is 200 g/mol. The van der Waals surface area contributed by atoms with E-state index in [1.165, 1.54) is 0 Å². The number of hydrogen-bond acceptors (Lipinski definition) is 2. The molecule has 3 heteroatoms. The van der Waals surface area contributed by atoms with E-state index in [4.69, 9.17) is 5.73 Å². The summed E-state index contributed by atoms with van der Waals surface area (Å²) in [6.07, 6.45) is 0.809. The molecular weight excluding hydrogens is 176 g/mol. The molecule has 1 atom stereocenters. The van der Waals surface area contributed by atoms with Crippen molar-refractivity contribution in [3.05, 3.63) is 0 Å². The van der Waals surface area contributed by atoms with Crippen molar-refractivity contribution >= 4 is 5.91 Å². The Bertz CT molecular complexity index is 188. The molecule has 0 aromatic rings. The zero-order chi connectivity index (χ0) is 11.4. The molecule has 3 nitrogen and oxygen atoms in total. The van der Waals surface area contributed by atoms with Crippen LogP contribution < -0.4 is 11.1 Å². The van der Waals surface area contributed by atoms with Crippen LogP contribution in [0.1, 0.15) is 41.0 Å². The lowest BCUT2D eigenvalue weighted by Crippen LogP contribution is -2.47. The summed E-state index contributed by atoms with van der Waals surface area (Å²) in [5, 5.41) is 3.02. The van der Waals surface area contributed by atoms with E-state index in [1.807, 2.05) is 20.8 Å². The van der Waals surface area contributed by atoms with Gasteiger partial charge in [0.05, 0.1) is 0 Å². The van der Waals surface area contributed by atoms with Crippen LogP contribution in [-0.4, -0.2) is 18.0 Å². The fourth-order valence-electron chi connectivity index (χ4n) is 1.17. The minimum atomic E-state index is -0.186. The van der Waals surface area contributed by atoms with Gasteiger partial charge in [-0.1, -0.05) is 20.8 Å². The van der Waals surface area contributed by atoms with Crippen LogP contribution in [0.15, 0.2) is 0 Å². The Hall–Kier alpha value is -0.570.